The minimum atomic E-state index is -0.212. The Morgan fingerprint density at radius 2 is 2.41 bits per heavy atom. The van der Waals surface area contributed by atoms with Crippen molar-refractivity contribution in [1.82, 2.24) is 10.3 Å². The van der Waals surface area contributed by atoms with Crippen molar-refractivity contribution in [3.63, 3.8) is 0 Å². The number of rotatable bonds is 4. The van der Waals surface area contributed by atoms with Gasteiger partial charge in [-0.05, 0) is 31.4 Å². The minimum absolute atomic E-state index is 0.172. The number of halogens is 1. The maximum absolute atomic E-state index is 11.8. The predicted molar refractivity (Wildman–Crippen MR) is 65.2 cm³/mol. The Morgan fingerprint density at radius 1 is 1.65 bits per heavy atom. The first-order chi connectivity index (χ1) is 8.15. The van der Waals surface area contributed by atoms with Crippen molar-refractivity contribution in [1.29, 1.82) is 0 Å². The minimum Gasteiger partial charge on any atom is -0.376 e. The number of ether oxygens (including phenoxy) is 1. The molecule has 17 heavy (non-hydrogen) atoms. The number of hydrogen-bond donors (Lipinski definition) is 1. The molecule has 0 radical (unpaired) electrons. The summed E-state index contributed by atoms with van der Waals surface area (Å²) in [7, 11) is 1.68. The highest BCUT2D eigenvalue weighted by Crippen LogP contribution is 2.34. The average molecular weight is 255 g/mol. The van der Waals surface area contributed by atoms with Gasteiger partial charge in [0.1, 0.15) is 5.69 Å². The van der Waals surface area contributed by atoms with Crippen molar-refractivity contribution in [2.24, 2.45) is 0 Å². The molecular formula is C12H15ClN2O2. The Kier molecular flexibility index (Phi) is 3.64. The summed E-state index contributed by atoms with van der Waals surface area (Å²) < 4.78 is 5.42. The van der Waals surface area contributed by atoms with Crippen molar-refractivity contribution in [2.45, 2.75) is 24.9 Å². The maximum Gasteiger partial charge on any atom is 0.270 e. The third kappa shape index (κ3) is 2.76. The van der Waals surface area contributed by atoms with Gasteiger partial charge >= 0.3 is 0 Å². The second-order valence-corrected chi connectivity index (χ2v) is 4.72. The molecule has 0 bridgehead atoms. The van der Waals surface area contributed by atoms with Gasteiger partial charge in [-0.2, -0.15) is 0 Å². The van der Waals surface area contributed by atoms with E-state index in [1.807, 2.05) is 0 Å². The van der Waals surface area contributed by atoms with Crippen molar-refractivity contribution in [2.75, 3.05) is 13.7 Å². The number of aromatic nitrogens is 1. The molecule has 1 heterocycles. The van der Waals surface area contributed by atoms with E-state index >= 15 is 0 Å². The van der Waals surface area contributed by atoms with Gasteiger partial charge < -0.3 is 10.1 Å². The normalized spacial score (nSPS) is 17.3. The van der Waals surface area contributed by atoms with Crippen LogP contribution < -0.4 is 5.32 Å². The third-order valence-corrected chi connectivity index (χ3v) is 3.46. The summed E-state index contributed by atoms with van der Waals surface area (Å²) in [4.78, 5) is 15.8. The van der Waals surface area contributed by atoms with Crippen LogP contribution in [0.3, 0.4) is 0 Å². The SMILES string of the molecule is COC1(CNC(=O)c2cc(Cl)ccn2)CCC1. The van der Waals surface area contributed by atoms with Crippen LogP contribution in [0, 0.1) is 0 Å². The van der Waals surface area contributed by atoms with Gasteiger partial charge in [0.2, 0.25) is 0 Å². The highest BCUT2D eigenvalue weighted by molar-refractivity contribution is 6.30. The highest BCUT2D eigenvalue weighted by Gasteiger charge is 2.37. The van der Waals surface area contributed by atoms with Crippen molar-refractivity contribution in [3.05, 3.63) is 29.0 Å². The molecule has 1 aliphatic rings. The van der Waals surface area contributed by atoms with Crippen LogP contribution in [-0.2, 0) is 4.74 Å². The zero-order valence-corrected chi connectivity index (χ0v) is 10.5. The fourth-order valence-corrected chi connectivity index (χ4v) is 2.04. The fraction of sp³-hybridized carbons (Fsp3) is 0.500. The van der Waals surface area contributed by atoms with Crippen molar-refractivity contribution >= 4 is 17.5 Å². The molecule has 1 aromatic rings. The maximum atomic E-state index is 11.8. The Bertz CT molecular complexity index is 413. The lowest BCUT2D eigenvalue weighted by molar-refractivity contribution is -0.0679. The van der Waals surface area contributed by atoms with Crippen LogP contribution in [0.5, 0.6) is 0 Å². The first kappa shape index (κ1) is 12.3. The van der Waals surface area contributed by atoms with E-state index in [0.29, 0.717) is 17.3 Å². The van der Waals surface area contributed by atoms with E-state index in [4.69, 9.17) is 16.3 Å². The van der Waals surface area contributed by atoms with Gasteiger partial charge in [-0.1, -0.05) is 11.6 Å². The Morgan fingerprint density at radius 3 is 2.94 bits per heavy atom. The van der Waals surface area contributed by atoms with E-state index in [9.17, 15) is 4.79 Å². The lowest BCUT2D eigenvalue weighted by Crippen LogP contribution is -2.49. The molecule has 0 atom stereocenters. The summed E-state index contributed by atoms with van der Waals surface area (Å²) in [6.07, 6.45) is 4.66. The van der Waals surface area contributed by atoms with Gasteiger partial charge in [0, 0.05) is 24.9 Å². The standard InChI is InChI=1S/C12H15ClN2O2/c1-17-12(4-2-5-12)8-15-11(16)10-7-9(13)3-6-14-10/h3,6-7H,2,4-5,8H2,1H3,(H,15,16). The average Bonchev–Trinajstić information content (AvgIpc) is 2.28. The Balaban J connectivity index is 1.93. The zero-order valence-electron chi connectivity index (χ0n) is 9.70. The molecule has 0 spiro atoms. The van der Waals surface area contributed by atoms with E-state index in [-0.39, 0.29) is 11.5 Å². The molecular weight excluding hydrogens is 240 g/mol. The van der Waals surface area contributed by atoms with Gasteiger partial charge in [0.25, 0.3) is 5.91 Å². The molecule has 92 valence electrons. The number of nitrogens with one attached hydrogen (secondary N) is 1. The van der Waals surface area contributed by atoms with E-state index in [1.54, 1.807) is 19.2 Å². The quantitative estimate of drug-likeness (QED) is 0.895. The lowest BCUT2D eigenvalue weighted by atomic mass is 9.80. The summed E-state index contributed by atoms with van der Waals surface area (Å²) in [5.41, 5.74) is 0.164. The molecule has 2 rings (SSSR count). The summed E-state index contributed by atoms with van der Waals surface area (Å²) in [5, 5.41) is 3.34. The molecule has 1 amide bonds. The number of carbonyl (C=O) groups excluding carboxylic acids is 1. The van der Waals surface area contributed by atoms with Gasteiger partial charge in [-0.25, -0.2) is 0 Å². The molecule has 0 aliphatic heterocycles. The lowest BCUT2D eigenvalue weighted by Gasteiger charge is -2.40. The molecule has 1 N–H and O–H groups in total. The van der Waals surface area contributed by atoms with Gasteiger partial charge in [0.05, 0.1) is 5.60 Å². The van der Waals surface area contributed by atoms with Crippen LogP contribution >= 0.6 is 11.6 Å². The Hall–Kier alpha value is -1.13. The van der Waals surface area contributed by atoms with E-state index in [0.717, 1.165) is 19.3 Å². The molecule has 0 aromatic carbocycles. The number of carbonyl (C=O) groups is 1. The van der Waals surface area contributed by atoms with E-state index in [2.05, 4.69) is 10.3 Å². The van der Waals surface area contributed by atoms with E-state index < -0.39 is 0 Å². The number of hydrogen-bond acceptors (Lipinski definition) is 3. The number of nitrogens with zero attached hydrogens (tertiary/aromatic N) is 1. The second kappa shape index (κ2) is 5.02. The Labute approximate surface area is 105 Å². The largest absolute Gasteiger partial charge is 0.376 e. The van der Waals surface area contributed by atoms with Crippen LogP contribution in [0.1, 0.15) is 29.8 Å². The molecule has 1 aromatic heterocycles. The molecule has 0 unspecified atom stereocenters. The molecule has 5 heteroatoms. The van der Waals surface area contributed by atoms with E-state index in [1.165, 1.54) is 6.20 Å². The number of amides is 1. The monoisotopic (exact) mass is 254 g/mol. The highest BCUT2D eigenvalue weighted by atomic mass is 35.5. The summed E-state index contributed by atoms with van der Waals surface area (Å²) in [6.45, 7) is 0.524. The first-order valence-corrected chi connectivity index (χ1v) is 5.98. The molecule has 4 nitrogen and oxygen atoms in total. The second-order valence-electron chi connectivity index (χ2n) is 4.28. The summed E-state index contributed by atoms with van der Waals surface area (Å²) >= 11 is 5.80. The third-order valence-electron chi connectivity index (χ3n) is 3.22. The molecule has 1 aliphatic carbocycles. The first-order valence-electron chi connectivity index (χ1n) is 5.60. The van der Waals surface area contributed by atoms with Crippen LogP contribution in [0.25, 0.3) is 0 Å². The number of methoxy groups -OCH3 is 1. The molecule has 0 saturated heterocycles. The van der Waals surface area contributed by atoms with Crippen LogP contribution in [0.4, 0.5) is 0 Å². The molecule has 1 fully saturated rings. The summed E-state index contributed by atoms with van der Waals surface area (Å²) in [6, 6.07) is 3.19. The van der Waals surface area contributed by atoms with Crippen LogP contribution in [0.2, 0.25) is 5.02 Å². The van der Waals surface area contributed by atoms with Crippen LogP contribution in [-0.4, -0.2) is 30.1 Å². The van der Waals surface area contributed by atoms with Crippen molar-refractivity contribution in [3.8, 4) is 0 Å². The molecule has 1 saturated carbocycles. The topological polar surface area (TPSA) is 51.2 Å². The van der Waals surface area contributed by atoms with Gasteiger partial charge in [0.15, 0.2) is 0 Å². The fourth-order valence-electron chi connectivity index (χ4n) is 1.89. The van der Waals surface area contributed by atoms with Crippen molar-refractivity contribution < 1.29 is 9.53 Å². The predicted octanol–water partition coefficient (Wildman–Crippen LogP) is 2.03. The van der Waals surface area contributed by atoms with Crippen LogP contribution in [0.15, 0.2) is 18.3 Å². The zero-order chi connectivity index (χ0) is 12.3. The summed E-state index contributed by atoms with van der Waals surface area (Å²) in [5.74, 6) is -0.212. The smallest absolute Gasteiger partial charge is 0.270 e. The van der Waals surface area contributed by atoms with Gasteiger partial charge in [-0.15, -0.1) is 0 Å². The van der Waals surface area contributed by atoms with Gasteiger partial charge in [-0.3, -0.25) is 9.78 Å². The number of pyridine rings is 1.